The third-order valence-electron chi connectivity index (χ3n) is 5.29. The van der Waals surface area contributed by atoms with Gasteiger partial charge in [-0.3, -0.25) is 0 Å². The summed E-state index contributed by atoms with van der Waals surface area (Å²) in [5.41, 5.74) is 3.32. The van der Waals surface area contributed by atoms with Crippen LogP contribution in [0, 0.1) is 12.8 Å². The molecule has 0 amide bonds. The SMILES string of the molecule is CCCC/C=C(\c1ccccc1)[C@H]1[C@H](C)CN1S(=O)(=O)c1ccc(C)cc1. The molecule has 3 nitrogen and oxygen atoms in total. The standard InChI is InChI=1S/C23H29NO2S/c1-4-5-7-12-22(20-10-8-6-9-11-20)23-19(3)17-24(23)27(25,26)21-15-13-18(2)14-16-21/h6,8-16,19,23H,4-5,7,17H2,1-3H3/b22-12+/t19-,23-/m1/s1. The first kappa shape index (κ1) is 19.8. The van der Waals surface area contributed by atoms with E-state index in [0.29, 0.717) is 17.4 Å². The van der Waals surface area contributed by atoms with E-state index in [2.05, 4.69) is 32.1 Å². The summed E-state index contributed by atoms with van der Waals surface area (Å²) < 4.78 is 28.2. The predicted octanol–water partition coefficient (Wildman–Crippen LogP) is 5.28. The molecule has 0 aliphatic carbocycles. The van der Waals surface area contributed by atoms with E-state index in [4.69, 9.17) is 0 Å². The smallest absolute Gasteiger partial charge is 0.207 e. The molecular weight excluding hydrogens is 354 g/mol. The average Bonchev–Trinajstić information content (AvgIpc) is 2.66. The quantitative estimate of drug-likeness (QED) is 0.610. The van der Waals surface area contributed by atoms with Gasteiger partial charge in [0, 0.05) is 6.54 Å². The van der Waals surface area contributed by atoms with Gasteiger partial charge in [-0.05, 0) is 42.5 Å². The molecule has 2 atom stereocenters. The second-order valence-electron chi connectivity index (χ2n) is 7.48. The number of nitrogens with zero attached hydrogens (tertiary/aromatic N) is 1. The van der Waals surface area contributed by atoms with Crippen molar-refractivity contribution in [1.29, 1.82) is 0 Å². The van der Waals surface area contributed by atoms with Crippen molar-refractivity contribution in [2.75, 3.05) is 6.54 Å². The summed E-state index contributed by atoms with van der Waals surface area (Å²) in [4.78, 5) is 0.381. The summed E-state index contributed by atoms with van der Waals surface area (Å²) >= 11 is 0. The molecule has 144 valence electrons. The van der Waals surface area contributed by atoms with Gasteiger partial charge >= 0.3 is 0 Å². The summed E-state index contributed by atoms with van der Waals surface area (Å²) in [6.45, 7) is 6.85. The molecule has 0 bridgehead atoms. The molecule has 2 aromatic carbocycles. The van der Waals surface area contributed by atoms with Gasteiger partial charge in [0.2, 0.25) is 10.0 Å². The fourth-order valence-corrected chi connectivity index (χ4v) is 5.50. The van der Waals surface area contributed by atoms with Crippen molar-refractivity contribution in [2.24, 2.45) is 5.92 Å². The Morgan fingerprint density at radius 2 is 1.78 bits per heavy atom. The molecule has 1 aliphatic heterocycles. The molecule has 2 aromatic rings. The Kier molecular flexibility index (Phi) is 6.18. The minimum Gasteiger partial charge on any atom is -0.207 e. The van der Waals surface area contributed by atoms with E-state index in [1.165, 1.54) is 0 Å². The highest BCUT2D eigenvalue weighted by Gasteiger charge is 2.45. The van der Waals surface area contributed by atoms with Gasteiger partial charge in [-0.15, -0.1) is 0 Å². The van der Waals surface area contributed by atoms with E-state index in [9.17, 15) is 8.42 Å². The zero-order valence-corrected chi connectivity index (χ0v) is 17.2. The topological polar surface area (TPSA) is 37.4 Å². The number of hydrogen-bond acceptors (Lipinski definition) is 2. The van der Waals surface area contributed by atoms with Gasteiger partial charge in [-0.25, -0.2) is 8.42 Å². The minimum absolute atomic E-state index is 0.101. The number of allylic oxidation sites excluding steroid dienone is 1. The zero-order valence-electron chi connectivity index (χ0n) is 16.4. The lowest BCUT2D eigenvalue weighted by atomic mass is 9.83. The molecule has 0 saturated carbocycles. The maximum Gasteiger partial charge on any atom is 0.243 e. The Balaban J connectivity index is 1.96. The molecule has 27 heavy (non-hydrogen) atoms. The van der Waals surface area contributed by atoms with Crippen molar-refractivity contribution >= 4 is 15.6 Å². The number of rotatable bonds is 7. The third kappa shape index (κ3) is 4.17. The predicted molar refractivity (Wildman–Crippen MR) is 112 cm³/mol. The van der Waals surface area contributed by atoms with Gasteiger partial charge in [0.1, 0.15) is 0 Å². The molecule has 0 aromatic heterocycles. The van der Waals surface area contributed by atoms with Crippen LogP contribution in [0.4, 0.5) is 0 Å². The first-order valence-electron chi connectivity index (χ1n) is 9.79. The van der Waals surface area contributed by atoms with Crippen molar-refractivity contribution in [3.05, 3.63) is 71.8 Å². The Bertz CT molecular complexity index is 886. The van der Waals surface area contributed by atoms with Gasteiger partial charge in [0.25, 0.3) is 0 Å². The maximum absolute atomic E-state index is 13.2. The van der Waals surface area contributed by atoms with Crippen LogP contribution < -0.4 is 0 Å². The minimum atomic E-state index is -3.49. The summed E-state index contributed by atoms with van der Waals surface area (Å²) in [6.07, 6.45) is 5.46. The van der Waals surface area contributed by atoms with Crippen LogP contribution in [0.1, 0.15) is 44.2 Å². The van der Waals surface area contributed by atoms with E-state index in [1.54, 1.807) is 16.4 Å². The third-order valence-corrected chi connectivity index (χ3v) is 7.15. The van der Waals surface area contributed by atoms with Crippen molar-refractivity contribution in [2.45, 2.75) is 51.0 Å². The maximum atomic E-state index is 13.2. The fraction of sp³-hybridized carbons (Fsp3) is 0.391. The van der Waals surface area contributed by atoms with Gasteiger partial charge in [-0.1, -0.05) is 80.8 Å². The van der Waals surface area contributed by atoms with Gasteiger partial charge in [0.05, 0.1) is 10.9 Å². The molecule has 1 heterocycles. The summed E-state index contributed by atoms with van der Waals surface area (Å²) in [7, 11) is -3.49. The van der Waals surface area contributed by atoms with Crippen LogP contribution in [-0.2, 0) is 10.0 Å². The van der Waals surface area contributed by atoms with E-state index < -0.39 is 10.0 Å². The van der Waals surface area contributed by atoms with Gasteiger partial charge in [-0.2, -0.15) is 4.31 Å². The van der Waals surface area contributed by atoms with Crippen molar-refractivity contribution in [3.8, 4) is 0 Å². The Labute approximate surface area is 163 Å². The molecule has 0 radical (unpaired) electrons. The normalized spacial score (nSPS) is 21.1. The Morgan fingerprint density at radius 3 is 2.37 bits per heavy atom. The first-order chi connectivity index (χ1) is 12.9. The lowest BCUT2D eigenvalue weighted by Gasteiger charge is -2.47. The van der Waals surface area contributed by atoms with E-state index in [0.717, 1.165) is 36.0 Å². The highest BCUT2D eigenvalue weighted by molar-refractivity contribution is 7.89. The molecule has 4 heteroatoms. The van der Waals surface area contributed by atoms with E-state index in [-0.39, 0.29) is 6.04 Å². The highest BCUT2D eigenvalue weighted by Crippen LogP contribution is 2.39. The summed E-state index contributed by atoms with van der Waals surface area (Å²) in [5.74, 6) is 0.304. The number of hydrogen-bond donors (Lipinski definition) is 0. The van der Waals surface area contributed by atoms with Crippen molar-refractivity contribution in [3.63, 3.8) is 0 Å². The van der Waals surface area contributed by atoms with Crippen LogP contribution in [-0.4, -0.2) is 25.3 Å². The monoisotopic (exact) mass is 383 g/mol. The largest absolute Gasteiger partial charge is 0.243 e. The molecule has 1 fully saturated rings. The van der Waals surface area contributed by atoms with Gasteiger partial charge in [0.15, 0.2) is 0 Å². The zero-order chi connectivity index (χ0) is 19.4. The summed E-state index contributed by atoms with van der Waals surface area (Å²) in [6, 6.07) is 17.3. The van der Waals surface area contributed by atoms with Crippen LogP contribution >= 0.6 is 0 Å². The highest BCUT2D eigenvalue weighted by atomic mass is 32.2. The van der Waals surface area contributed by atoms with Crippen molar-refractivity contribution in [1.82, 2.24) is 4.31 Å². The molecular formula is C23H29NO2S. The second-order valence-corrected chi connectivity index (χ2v) is 9.37. The van der Waals surface area contributed by atoms with Crippen molar-refractivity contribution < 1.29 is 8.42 Å². The number of aryl methyl sites for hydroxylation is 1. The molecule has 3 rings (SSSR count). The van der Waals surface area contributed by atoms with E-state index in [1.807, 2.05) is 37.3 Å². The average molecular weight is 384 g/mol. The fourth-order valence-electron chi connectivity index (χ4n) is 3.70. The van der Waals surface area contributed by atoms with Gasteiger partial charge < -0.3 is 0 Å². The number of sulfonamides is 1. The van der Waals surface area contributed by atoms with Crippen LogP contribution in [0.5, 0.6) is 0 Å². The van der Waals surface area contributed by atoms with Crippen LogP contribution in [0.25, 0.3) is 5.57 Å². The lowest BCUT2D eigenvalue weighted by molar-refractivity contribution is 0.162. The molecule has 0 spiro atoms. The molecule has 1 saturated heterocycles. The number of unbranched alkanes of at least 4 members (excludes halogenated alkanes) is 2. The molecule has 0 N–H and O–H groups in total. The van der Waals surface area contributed by atoms with Crippen LogP contribution in [0.3, 0.4) is 0 Å². The Morgan fingerprint density at radius 1 is 1.11 bits per heavy atom. The lowest BCUT2D eigenvalue weighted by Crippen LogP contribution is -2.57. The molecule has 0 unspecified atom stereocenters. The second kappa shape index (κ2) is 8.41. The first-order valence-corrected chi connectivity index (χ1v) is 11.2. The Hall–Kier alpha value is -1.91. The van der Waals surface area contributed by atoms with Crippen LogP contribution in [0.2, 0.25) is 0 Å². The number of benzene rings is 2. The van der Waals surface area contributed by atoms with E-state index >= 15 is 0 Å². The summed E-state index contributed by atoms with van der Waals surface area (Å²) in [5, 5.41) is 0. The molecule has 1 aliphatic rings. The van der Waals surface area contributed by atoms with Crippen LogP contribution in [0.15, 0.2) is 65.6 Å².